The first-order valence-electron chi connectivity index (χ1n) is 6.83. The van der Waals surface area contributed by atoms with Gasteiger partial charge in [-0.3, -0.25) is 9.58 Å². The van der Waals surface area contributed by atoms with Gasteiger partial charge in [0.05, 0.1) is 18.5 Å². The highest BCUT2D eigenvalue weighted by molar-refractivity contribution is 5.90. The van der Waals surface area contributed by atoms with Gasteiger partial charge < -0.3 is 4.74 Å². The van der Waals surface area contributed by atoms with E-state index in [-0.39, 0.29) is 5.97 Å². The van der Waals surface area contributed by atoms with Crippen LogP contribution in [0.4, 0.5) is 0 Å². The average molecular weight is 265 g/mol. The molecule has 1 aromatic heterocycles. The van der Waals surface area contributed by atoms with Crippen molar-refractivity contribution in [3.05, 3.63) is 17.5 Å². The summed E-state index contributed by atoms with van der Waals surface area (Å²) >= 11 is 0. The van der Waals surface area contributed by atoms with Gasteiger partial charge in [0.1, 0.15) is 5.56 Å². The van der Waals surface area contributed by atoms with Crippen LogP contribution < -0.4 is 0 Å². The van der Waals surface area contributed by atoms with E-state index in [1.165, 1.54) is 6.42 Å². The maximum absolute atomic E-state index is 11.9. The third kappa shape index (κ3) is 3.15. The second-order valence-corrected chi connectivity index (χ2v) is 5.97. The molecule has 5 nitrogen and oxygen atoms in total. The molecule has 1 saturated heterocycles. The molecule has 0 amide bonds. The van der Waals surface area contributed by atoms with E-state index < -0.39 is 0 Å². The molecule has 19 heavy (non-hydrogen) atoms. The van der Waals surface area contributed by atoms with E-state index in [1.54, 1.807) is 10.9 Å². The van der Waals surface area contributed by atoms with Gasteiger partial charge in [-0.1, -0.05) is 13.8 Å². The van der Waals surface area contributed by atoms with Crippen LogP contribution in [0.25, 0.3) is 0 Å². The second-order valence-electron chi connectivity index (χ2n) is 5.97. The fourth-order valence-electron chi connectivity index (χ4n) is 2.60. The fraction of sp³-hybridized carbons (Fsp3) is 0.714. The summed E-state index contributed by atoms with van der Waals surface area (Å²) in [4.78, 5) is 14.3. The van der Waals surface area contributed by atoms with Gasteiger partial charge in [-0.25, -0.2) is 4.79 Å². The maximum Gasteiger partial charge on any atom is 0.341 e. The van der Waals surface area contributed by atoms with E-state index in [4.69, 9.17) is 4.74 Å². The highest BCUT2D eigenvalue weighted by Gasteiger charge is 2.30. The molecule has 0 N–H and O–H groups in total. The molecule has 5 heteroatoms. The molecule has 1 aliphatic heterocycles. The SMILES string of the molecule is CCOC(=O)c1cnn(C)c1CN1CCC(C)(C)C1. The standard InChI is InChI=1S/C14H23N3O2/c1-5-19-13(18)11-8-15-16(4)12(11)9-17-7-6-14(2,3)10-17/h8H,5-7,9-10H2,1-4H3. The first kappa shape index (κ1) is 14.1. The number of likely N-dealkylation sites (tertiary alicyclic amines) is 1. The number of aryl methyl sites for hydroxylation is 1. The summed E-state index contributed by atoms with van der Waals surface area (Å²) in [6.45, 7) is 9.65. The van der Waals surface area contributed by atoms with Gasteiger partial charge in [0.15, 0.2) is 0 Å². The predicted octanol–water partition coefficient (Wildman–Crippen LogP) is 1.83. The Morgan fingerprint density at radius 3 is 2.84 bits per heavy atom. The van der Waals surface area contributed by atoms with Crippen molar-refractivity contribution in [1.29, 1.82) is 0 Å². The lowest BCUT2D eigenvalue weighted by molar-refractivity contribution is 0.0524. The van der Waals surface area contributed by atoms with Gasteiger partial charge in [0.25, 0.3) is 0 Å². The van der Waals surface area contributed by atoms with E-state index >= 15 is 0 Å². The van der Waals surface area contributed by atoms with Gasteiger partial charge in [-0.15, -0.1) is 0 Å². The smallest absolute Gasteiger partial charge is 0.341 e. The Balaban J connectivity index is 2.12. The van der Waals surface area contributed by atoms with Crippen LogP contribution >= 0.6 is 0 Å². The molecule has 0 spiro atoms. The zero-order valence-electron chi connectivity index (χ0n) is 12.3. The van der Waals surface area contributed by atoms with E-state index in [9.17, 15) is 4.79 Å². The molecule has 0 radical (unpaired) electrons. The van der Waals surface area contributed by atoms with Gasteiger partial charge in [0, 0.05) is 20.1 Å². The minimum Gasteiger partial charge on any atom is -0.462 e. The van der Waals surface area contributed by atoms with Crippen molar-refractivity contribution in [2.24, 2.45) is 12.5 Å². The first-order valence-corrected chi connectivity index (χ1v) is 6.83. The molecular weight excluding hydrogens is 242 g/mol. The van der Waals surface area contributed by atoms with Gasteiger partial charge >= 0.3 is 5.97 Å². The number of esters is 1. The topological polar surface area (TPSA) is 47.4 Å². The molecule has 1 fully saturated rings. The Morgan fingerprint density at radius 2 is 2.26 bits per heavy atom. The van der Waals surface area contributed by atoms with Crippen LogP contribution in [0.5, 0.6) is 0 Å². The van der Waals surface area contributed by atoms with Gasteiger partial charge in [-0.2, -0.15) is 5.10 Å². The van der Waals surface area contributed by atoms with E-state index in [0.717, 1.165) is 25.3 Å². The first-order chi connectivity index (χ1) is 8.93. The lowest BCUT2D eigenvalue weighted by atomic mass is 9.93. The summed E-state index contributed by atoms with van der Waals surface area (Å²) in [5, 5.41) is 4.19. The third-order valence-corrected chi connectivity index (χ3v) is 3.69. The Bertz CT molecular complexity index is 465. The summed E-state index contributed by atoms with van der Waals surface area (Å²) < 4.78 is 6.85. The highest BCUT2D eigenvalue weighted by Crippen LogP contribution is 2.30. The van der Waals surface area contributed by atoms with Crippen LogP contribution in [-0.2, 0) is 18.3 Å². The Morgan fingerprint density at radius 1 is 1.53 bits per heavy atom. The van der Waals surface area contributed by atoms with Gasteiger partial charge in [-0.05, 0) is 25.3 Å². The van der Waals surface area contributed by atoms with E-state index in [1.807, 2.05) is 14.0 Å². The number of hydrogen-bond acceptors (Lipinski definition) is 4. The van der Waals surface area contributed by atoms with Crippen molar-refractivity contribution < 1.29 is 9.53 Å². The summed E-state index contributed by atoms with van der Waals surface area (Å²) in [5.74, 6) is -0.274. The number of carbonyl (C=O) groups excluding carboxylic acids is 1. The van der Waals surface area contributed by atoms with Crippen molar-refractivity contribution in [1.82, 2.24) is 14.7 Å². The predicted molar refractivity (Wildman–Crippen MR) is 72.8 cm³/mol. The van der Waals surface area contributed by atoms with Crippen molar-refractivity contribution in [3.8, 4) is 0 Å². The number of hydrogen-bond donors (Lipinski definition) is 0. The highest BCUT2D eigenvalue weighted by atomic mass is 16.5. The zero-order valence-corrected chi connectivity index (χ0v) is 12.3. The van der Waals surface area contributed by atoms with Crippen LogP contribution in [0.1, 0.15) is 43.2 Å². The normalized spacial score (nSPS) is 18.7. The van der Waals surface area contributed by atoms with Crippen molar-refractivity contribution in [3.63, 3.8) is 0 Å². The Labute approximate surface area is 114 Å². The fourth-order valence-corrected chi connectivity index (χ4v) is 2.60. The average Bonchev–Trinajstić information content (AvgIpc) is 2.84. The van der Waals surface area contributed by atoms with Crippen molar-refractivity contribution in [2.45, 2.75) is 33.7 Å². The molecule has 1 aliphatic rings. The van der Waals surface area contributed by atoms with Crippen molar-refractivity contribution in [2.75, 3.05) is 19.7 Å². The van der Waals surface area contributed by atoms with Crippen LogP contribution in [-0.4, -0.2) is 40.3 Å². The molecule has 0 aliphatic carbocycles. The number of carbonyl (C=O) groups is 1. The summed E-state index contributed by atoms with van der Waals surface area (Å²) in [6, 6.07) is 0. The largest absolute Gasteiger partial charge is 0.462 e. The van der Waals surface area contributed by atoms with Crippen LogP contribution in [0, 0.1) is 5.41 Å². The van der Waals surface area contributed by atoms with Gasteiger partial charge in [0.2, 0.25) is 0 Å². The van der Waals surface area contributed by atoms with Crippen LogP contribution in [0.2, 0.25) is 0 Å². The minimum atomic E-state index is -0.274. The maximum atomic E-state index is 11.9. The monoisotopic (exact) mass is 265 g/mol. The molecule has 106 valence electrons. The molecule has 2 heterocycles. The molecule has 0 bridgehead atoms. The Hall–Kier alpha value is -1.36. The Kier molecular flexibility index (Phi) is 3.94. The number of ether oxygens (including phenoxy) is 1. The number of nitrogens with zero attached hydrogens (tertiary/aromatic N) is 3. The molecule has 0 aromatic carbocycles. The molecular formula is C14H23N3O2. The number of aromatic nitrogens is 2. The summed E-state index contributed by atoms with van der Waals surface area (Å²) in [5.41, 5.74) is 1.90. The summed E-state index contributed by atoms with van der Waals surface area (Å²) in [7, 11) is 1.87. The third-order valence-electron chi connectivity index (χ3n) is 3.69. The zero-order chi connectivity index (χ0) is 14.0. The van der Waals surface area contributed by atoms with Crippen molar-refractivity contribution >= 4 is 5.97 Å². The number of rotatable bonds is 4. The molecule has 0 unspecified atom stereocenters. The molecule has 2 rings (SSSR count). The van der Waals surface area contributed by atoms with E-state index in [2.05, 4.69) is 23.8 Å². The van der Waals surface area contributed by atoms with Crippen LogP contribution in [0.15, 0.2) is 6.20 Å². The quantitative estimate of drug-likeness (QED) is 0.779. The second kappa shape index (κ2) is 5.33. The molecule has 0 atom stereocenters. The van der Waals surface area contributed by atoms with E-state index in [0.29, 0.717) is 17.6 Å². The van der Waals surface area contributed by atoms with Crippen LogP contribution in [0.3, 0.4) is 0 Å². The molecule has 1 aromatic rings. The summed E-state index contributed by atoms with van der Waals surface area (Å²) in [6.07, 6.45) is 2.80. The minimum absolute atomic E-state index is 0.274. The molecule has 0 saturated carbocycles. The lowest BCUT2D eigenvalue weighted by Gasteiger charge is -2.20. The lowest BCUT2D eigenvalue weighted by Crippen LogP contribution is -2.25.